The van der Waals surface area contributed by atoms with Gasteiger partial charge in [-0.15, -0.1) is 0 Å². The van der Waals surface area contributed by atoms with Gasteiger partial charge in [0.2, 0.25) is 0 Å². The van der Waals surface area contributed by atoms with Gasteiger partial charge >= 0.3 is 0 Å². The van der Waals surface area contributed by atoms with Crippen molar-refractivity contribution >= 4 is 0 Å². The molecule has 4 nitrogen and oxygen atoms in total. The van der Waals surface area contributed by atoms with Crippen molar-refractivity contribution in [3.63, 3.8) is 0 Å². The van der Waals surface area contributed by atoms with E-state index in [9.17, 15) is 4.79 Å². The fraction of sp³-hybridized carbons (Fsp3) is 0.667. The second-order valence-electron chi connectivity index (χ2n) is 3.89. The molecule has 0 saturated carbocycles. The Morgan fingerprint density at radius 1 is 1.38 bits per heavy atom. The number of hydrogen-bond donors (Lipinski definition) is 1. The second kappa shape index (κ2) is 7.17. The smallest absolute Gasteiger partial charge is 0.251 e. The van der Waals surface area contributed by atoms with Crippen LogP contribution < -0.4 is 5.56 Å². The largest absolute Gasteiger partial charge is 0.381 e. The molecule has 0 aliphatic carbocycles. The maximum Gasteiger partial charge on any atom is 0.251 e. The van der Waals surface area contributed by atoms with Gasteiger partial charge < -0.3 is 9.72 Å². The Morgan fingerprint density at radius 2 is 2.12 bits per heavy atom. The van der Waals surface area contributed by atoms with E-state index in [1.165, 1.54) is 0 Å². The normalized spacial score (nSPS) is 10.6. The minimum atomic E-state index is -0.0746. The van der Waals surface area contributed by atoms with Gasteiger partial charge in [-0.05, 0) is 26.2 Å². The first-order chi connectivity index (χ1) is 7.72. The molecule has 1 heterocycles. The van der Waals surface area contributed by atoms with Crippen LogP contribution in [-0.2, 0) is 11.2 Å². The molecule has 16 heavy (non-hydrogen) atoms. The number of aromatic nitrogens is 2. The van der Waals surface area contributed by atoms with Crippen molar-refractivity contribution in [2.24, 2.45) is 0 Å². The van der Waals surface area contributed by atoms with Crippen LogP contribution in [0.5, 0.6) is 0 Å². The van der Waals surface area contributed by atoms with E-state index < -0.39 is 0 Å². The molecular weight excluding hydrogens is 204 g/mol. The van der Waals surface area contributed by atoms with Crippen molar-refractivity contribution < 1.29 is 4.74 Å². The van der Waals surface area contributed by atoms with Gasteiger partial charge in [0.1, 0.15) is 5.82 Å². The van der Waals surface area contributed by atoms with Crippen LogP contribution in [-0.4, -0.2) is 23.2 Å². The third kappa shape index (κ3) is 5.07. The van der Waals surface area contributed by atoms with Crippen molar-refractivity contribution in [1.82, 2.24) is 9.97 Å². The van der Waals surface area contributed by atoms with Gasteiger partial charge in [0.15, 0.2) is 0 Å². The summed E-state index contributed by atoms with van der Waals surface area (Å²) in [5, 5.41) is 0. The molecule has 0 fully saturated rings. The molecule has 0 radical (unpaired) electrons. The lowest BCUT2D eigenvalue weighted by molar-refractivity contribution is 0.129. The Labute approximate surface area is 96.1 Å². The van der Waals surface area contributed by atoms with Crippen molar-refractivity contribution in [3.05, 3.63) is 27.9 Å². The Bertz CT molecular complexity index is 360. The van der Waals surface area contributed by atoms with E-state index >= 15 is 0 Å². The van der Waals surface area contributed by atoms with E-state index in [1.54, 1.807) is 13.0 Å². The topological polar surface area (TPSA) is 55.0 Å². The average molecular weight is 224 g/mol. The third-order valence-electron chi connectivity index (χ3n) is 2.28. The standard InChI is InChI=1S/C12H20N2O2/c1-3-4-7-16-8-5-6-11-9-12(15)14-10(2)13-11/h9H,3-8H2,1-2H3,(H,13,14,15). The van der Waals surface area contributed by atoms with Crippen LogP contribution in [0.25, 0.3) is 0 Å². The zero-order chi connectivity index (χ0) is 11.8. The Kier molecular flexibility index (Phi) is 5.78. The highest BCUT2D eigenvalue weighted by Gasteiger charge is 1.98. The number of nitrogens with one attached hydrogen (secondary N) is 1. The fourth-order valence-electron chi connectivity index (χ4n) is 1.47. The summed E-state index contributed by atoms with van der Waals surface area (Å²) in [6.45, 7) is 5.51. The summed E-state index contributed by atoms with van der Waals surface area (Å²) in [4.78, 5) is 18.0. The number of rotatable bonds is 7. The van der Waals surface area contributed by atoms with E-state index in [4.69, 9.17) is 4.74 Å². The monoisotopic (exact) mass is 224 g/mol. The molecule has 1 N–H and O–H groups in total. The zero-order valence-electron chi connectivity index (χ0n) is 10.1. The summed E-state index contributed by atoms with van der Waals surface area (Å²) >= 11 is 0. The van der Waals surface area contributed by atoms with Gasteiger partial charge in [-0.3, -0.25) is 4.79 Å². The highest BCUT2D eigenvalue weighted by Crippen LogP contribution is 1.98. The molecule has 1 aromatic heterocycles. The number of unbranched alkanes of at least 4 members (excludes halogenated alkanes) is 1. The van der Waals surface area contributed by atoms with E-state index in [2.05, 4.69) is 16.9 Å². The zero-order valence-corrected chi connectivity index (χ0v) is 10.1. The number of ether oxygens (including phenoxy) is 1. The van der Waals surface area contributed by atoms with Crippen LogP contribution in [0.15, 0.2) is 10.9 Å². The summed E-state index contributed by atoms with van der Waals surface area (Å²) < 4.78 is 5.44. The van der Waals surface area contributed by atoms with Crippen molar-refractivity contribution in [2.45, 2.75) is 39.5 Å². The van der Waals surface area contributed by atoms with Crippen molar-refractivity contribution in [1.29, 1.82) is 0 Å². The molecule has 4 heteroatoms. The molecule has 0 unspecified atom stereocenters. The molecule has 0 spiro atoms. The quantitative estimate of drug-likeness (QED) is 0.719. The number of aromatic amines is 1. The van der Waals surface area contributed by atoms with Crippen LogP contribution in [0.4, 0.5) is 0 Å². The van der Waals surface area contributed by atoms with E-state index in [-0.39, 0.29) is 5.56 Å². The summed E-state index contributed by atoms with van der Waals surface area (Å²) in [5.41, 5.74) is 0.773. The van der Waals surface area contributed by atoms with Gasteiger partial charge in [-0.1, -0.05) is 13.3 Å². The van der Waals surface area contributed by atoms with Crippen LogP contribution >= 0.6 is 0 Å². The van der Waals surface area contributed by atoms with E-state index in [0.29, 0.717) is 5.82 Å². The minimum absolute atomic E-state index is 0.0746. The molecule has 0 aromatic carbocycles. The number of hydrogen-bond acceptors (Lipinski definition) is 3. The van der Waals surface area contributed by atoms with Gasteiger partial charge in [0, 0.05) is 25.0 Å². The third-order valence-corrected chi connectivity index (χ3v) is 2.28. The lowest BCUT2D eigenvalue weighted by Crippen LogP contribution is -2.11. The Hall–Kier alpha value is -1.16. The Morgan fingerprint density at radius 3 is 2.81 bits per heavy atom. The molecule has 0 aliphatic heterocycles. The molecular formula is C12H20N2O2. The summed E-state index contributed by atoms with van der Waals surface area (Å²) in [7, 11) is 0. The van der Waals surface area contributed by atoms with Crippen LogP contribution in [0.1, 0.15) is 37.7 Å². The first-order valence-corrected chi connectivity index (χ1v) is 5.87. The number of aryl methyl sites for hydroxylation is 2. The molecule has 0 bridgehead atoms. The average Bonchev–Trinajstić information content (AvgIpc) is 2.22. The maximum absolute atomic E-state index is 11.2. The fourth-order valence-corrected chi connectivity index (χ4v) is 1.47. The second-order valence-corrected chi connectivity index (χ2v) is 3.89. The number of H-pyrrole nitrogens is 1. The highest BCUT2D eigenvalue weighted by atomic mass is 16.5. The first-order valence-electron chi connectivity index (χ1n) is 5.87. The summed E-state index contributed by atoms with van der Waals surface area (Å²) in [5.74, 6) is 0.675. The minimum Gasteiger partial charge on any atom is -0.381 e. The van der Waals surface area contributed by atoms with Gasteiger partial charge in [0.05, 0.1) is 0 Å². The molecule has 1 aromatic rings. The molecule has 0 atom stereocenters. The van der Waals surface area contributed by atoms with E-state index in [0.717, 1.165) is 44.6 Å². The lowest BCUT2D eigenvalue weighted by Gasteiger charge is -2.03. The van der Waals surface area contributed by atoms with Crippen LogP contribution in [0.3, 0.4) is 0 Å². The summed E-state index contributed by atoms with van der Waals surface area (Å²) in [6.07, 6.45) is 3.99. The van der Waals surface area contributed by atoms with Gasteiger partial charge in [0.25, 0.3) is 5.56 Å². The van der Waals surface area contributed by atoms with Crippen LogP contribution in [0, 0.1) is 6.92 Å². The summed E-state index contributed by atoms with van der Waals surface area (Å²) in [6, 6.07) is 1.55. The molecule has 0 aliphatic rings. The lowest BCUT2D eigenvalue weighted by atomic mass is 10.2. The van der Waals surface area contributed by atoms with Crippen molar-refractivity contribution in [3.8, 4) is 0 Å². The van der Waals surface area contributed by atoms with E-state index in [1.807, 2.05) is 0 Å². The molecule has 90 valence electrons. The highest BCUT2D eigenvalue weighted by molar-refractivity contribution is 5.01. The first kappa shape index (κ1) is 12.9. The maximum atomic E-state index is 11.2. The van der Waals surface area contributed by atoms with Crippen LogP contribution in [0.2, 0.25) is 0 Å². The van der Waals surface area contributed by atoms with Gasteiger partial charge in [-0.25, -0.2) is 4.98 Å². The Balaban J connectivity index is 2.24. The molecule has 1 rings (SSSR count). The predicted octanol–water partition coefficient (Wildman–Crippen LogP) is 1.83. The number of nitrogens with zero attached hydrogens (tertiary/aromatic N) is 1. The molecule has 0 saturated heterocycles. The molecule has 0 amide bonds. The SMILES string of the molecule is CCCCOCCCc1cc(=O)[nH]c(C)n1. The van der Waals surface area contributed by atoms with Crippen molar-refractivity contribution in [2.75, 3.05) is 13.2 Å². The predicted molar refractivity (Wildman–Crippen MR) is 63.6 cm³/mol. The van der Waals surface area contributed by atoms with Gasteiger partial charge in [-0.2, -0.15) is 0 Å².